The highest BCUT2D eigenvalue weighted by Gasteiger charge is 2.06. The number of rotatable bonds is 5. The first kappa shape index (κ1) is 11.7. The van der Waals surface area contributed by atoms with Gasteiger partial charge in [0.25, 0.3) is 0 Å². The van der Waals surface area contributed by atoms with Gasteiger partial charge >= 0.3 is 0 Å². The van der Waals surface area contributed by atoms with E-state index in [1.807, 2.05) is 12.1 Å². The molecule has 81 valence electrons. The lowest BCUT2D eigenvalue weighted by molar-refractivity contribution is -0.116. The maximum absolute atomic E-state index is 11.0. The Morgan fingerprint density at radius 3 is 2.80 bits per heavy atom. The van der Waals surface area contributed by atoms with Gasteiger partial charge in [-0.05, 0) is 25.5 Å². The number of carbonyl (C=O) groups excluding carboxylic acids is 1. The van der Waals surface area contributed by atoms with Crippen LogP contribution in [0.5, 0.6) is 5.75 Å². The minimum absolute atomic E-state index is 0.106. The molecule has 0 aromatic heterocycles. The monoisotopic (exact) mass is 207 g/mol. The predicted octanol–water partition coefficient (Wildman–Crippen LogP) is 1.98. The molecule has 0 atom stereocenters. The molecular formula is C12H15O3. The van der Waals surface area contributed by atoms with Gasteiger partial charge in [-0.1, -0.05) is 12.1 Å². The van der Waals surface area contributed by atoms with Gasteiger partial charge in [-0.15, -0.1) is 0 Å². The molecule has 0 N–H and O–H groups in total. The Morgan fingerprint density at radius 1 is 1.47 bits per heavy atom. The standard InChI is InChI=1S/C12H15O3/c1-9-4-5-11(7-10(2)13)12(6-9)15-8-14-3/h4-6H,1,7-8H2,2-3H3. The van der Waals surface area contributed by atoms with Crippen molar-refractivity contribution < 1.29 is 14.3 Å². The lowest BCUT2D eigenvalue weighted by Crippen LogP contribution is -2.04. The molecule has 0 heterocycles. The van der Waals surface area contributed by atoms with Gasteiger partial charge in [-0.3, -0.25) is 4.79 Å². The summed E-state index contributed by atoms with van der Waals surface area (Å²) in [7, 11) is 1.55. The van der Waals surface area contributed by atoms with E-state index < -0.39 is 0 Å². The molecule has 0 aliphatic heterocycles. The number of carbonyl (C=O) groups is 1. The average molecular weight is 207 g/mol. The van der Waals surface area contributed by atoms with E-state index in [1.165, 1.54) is 0 Å². The van der Waals surface area contributed by atoms with Crippen molar-refractivity contribution in [1.82, 2.24) is 0 Å². The predicted molar refractivity (Wildman–Crippen MR) is 57.8 cm³/mol. The van der Waals surface area contributed by atoms with Crippen molar-refractivity contribution in [2.45, 2.75) is 13.3 Å². The molecule has 0 bridgehead atoms. The summed E-state index contributed by atoms with van der Waals surface area (Å²) < 4.78 is 10.2. The van der Waals surface area contributed by atoms with Crippen LogP contribution in [-0.4, -0.2) is 19.7 Å². The highest BCUT2D eigenvalue weighted by Crippen LogP contribution is 2.21. The summed E-state index contributed by atoms with van der Waals surface area (Å²) in [6.07, 6.45) is 0.374. The van der Waals surface area contributed by atoms with Crippen molar-refractivity contribution in [2.24, 2.45) is 0 Å². The van der Waals surface area contributed by atoms with Crippen LogP contribution in [-0.2, 0) is 16.0 Å². The van der Waals surface area contributed by atoms with Crippen molar-refractivity contribution in [2.75, 3.05) is 13.9 Å². The van der Waals surface area contributed by atoms with E-state index in [0.717, 1.165) is 11.1 Å². The third-order valence-corrected chi connectivity index (χ3v) is 1.90. The first-order valence-corrected chi connectivity index (χ1v) is 4.69. The molecule has 1 rings (SSSR count). The molecule has 0 aliphatic carbocycles. The van der Waals surface area contributed by atoms with Crippen molar-refractivity contribution >= 4 is 5.78 Å². The highest BCUT2D eigenvalue weighted by atomic mass is 16.7. The summed E-state index contributed by atoms with van der Waals surface area (Å²) in [6, 6.07) is 5.52. The van der Waals surface area contributed by atoms with Crippen LogP contribution in [0.1, 0.15) is 18.1 Å². The minimum atomic E-state index is 0.106. The fourth-order valence-corrected chi connectivity index (χ4v) is 1.27. The Hall–Kier alpha value is -1.35. The van der Waals surface area contributed by atoms with E-state index >= 15 is 0 Å². The van der Waals surface area contributed by atoms with Gasteiger partial charge in [0.15, 0.2) is 6.79 Å². The SMILES string of the molecule is [CH2]c1ccc(CC(C)=O)c(OCOC)c1. The maximum Gasteiger partial charge on any atom is 0.188 e. The van der Waals surface area contributed by atoms with Crippen LogP contribution in [0.2, 0.25) is 0 Å². The van der Waals surface area contributed by atoms with Crippen LogP contribution in [0.4, 0.5) is 0 Å². The van der Waals surface area contributed by atoms with Gasteiger partial charge in [-0.25, -0.2) is 0 Å². The molecule has 0 amide bonds. The summed E-state index contributed by atoms with van der Waals surface area (Å²) in [5, 5.41) is 0. The first-order valence-electron chi connectivity index (χ1n) is 4.69. The zero-order chi connectivity index (χ0) is 11.3. The number of methoxy groups -OCH3 is 1. The molecule has 0 spiro atoms. The maximum atomic E-state index is 11.0. The van der Waals surface area contributed by atoms with Crippen LogP contribution < -0.4 is 4.74 Å². The molecule has 0 saturated carbocycles. The summed E-state index contributed by atoms with van der Waals surface area (Å²) in [4.78, 5) is 11.0. The second kappa shape index (κ2) is 5.51. The molecule has 1 aromatic carbocycles. The normalized spacial score (nSPS) is 10.1. The fraction of sp³-hybridized carbons (Fsp3) is 0.333. The number of hydrogen-bond acceptors (Lipinski definition) is 3. The summed E-state index contributed by atoms with van der Waals surface area (Å²) >= 11 is 0. The fourth-order valence-electron chi connectivity index (χ4n) is 1.27. The Kier molecular flexibility index (Phi) is 4.31. The molecule has 3 nitrogen and oxygen atoms in total. The van der Waals surface area contributed by atoms with Gasteiger partial charge in [0, 0.05) is 19.1 Å². The largest absolute Gasteiger partial charge is 0.467 e. The van der Waals surface area contributed by atoms with E-state index in [-0.39, 0.29) is 12.6 Å². The molecule has 15 heavy (non-hydrogen) atoms. The van der Waals surface area contributed by atoms with E-state index in [0.29, 0.717) is 12.2 Å². The first-order chi connectivity index (χ1) is 7.13. The number of ketones is 1. The number of ether oxygens (including phenoxy) is 2. The van der Waals surface area contributed by atoms with Crippen LogP contribution in [0.25, 0.3) is 0 Å². The van der Waals surface area contributed by atoms with E-state index in [1.54, 1.807) is 20.1 Å². The van der Waals surface area contributed by atoms with Crippen molar-refractivity contribution in [3.63, 3.8) is 0 Å². The Balaban J connectivity index is 2.87. The lowest BCUT2D eigenvalue weighted by atomic mass is 10.1. The van der Waals surface area contributed by atoms with Crippen LogP contribution >= 0.6 is 0 Å². The molecule has 1 aromatic rings. The summed E-state index contributed by atoms with van der Waals surface area (Å²) in [6.45, 7) is 5.53. The average Bonchev–Trinajstić information content (AvgIpc) is 2.18. The van der Waals surface area contributed by atoms with E-state index in [9.17, 15) is 4.79 Å². The zero-order valence-electron chi connectivity index (χ0n) is 9.08. The molecule has 3 heteroatoms. The Bertz CT molecular complexity index is 345. The zero-order valence-corrected chi connectivity index (χ0v) is 9.08. The molecule has 0 fully saturated rings. The van der Waals surface area contributed by atoms with Crippen molar-refractivity contribution in [3.8, 4) is 5.75 Å². The molecule has 0 saturated heterocycles. The quantitative estimate of drug-likeness (QED) is 0.692. The minimum Gasteiger partial charge on any atom is -0.467 e. The topological polar surface area (TPSA) is 35.5 Å². The summed E-state index contributed by atoms with van der Waals surface area (Å²) in [5.41, 5.74) is 1.72. The van der Waals surface area contributed by atoms with Crippen LogP contribution in [0.15, 0.2) is 18.2 Å². The molecule has 0 unspecified atom stereocenters. The van der Waals surface area contributed by atoms with Crippen LogP contribution in [0, 0.1) is 6.92 Å². The van der Waals surface area contributed by atoms with E-state index in [2.05, 4.69) is 6.92 Å². The van der Waals surface area contributed by atoms with Crippen LogP contribution in [0.3, 0.4) is 0 Å². The highest BCUT2D eigenvalue weighted by molar-refractivity contribution is 5.79. The smallest absolute Gasteiger partial charge is 0.188 e. The van der Waals surface area contributed by atoms with Gasteiger partial charge in [0.05, 0.1) is 0 Å². The molecule has 1 radical (unpaired) electrons. The number of hydrogen-bond donors (Lipinski definition) is 0. The van der Waals surface area contributed by atoms with Gasteiger partial charge < -0.3 is 9.47 Å². The van der Waals surface area contributed by atoms with Gasteiger partial charge in [-0.2, -0.15) is 0 Å². The lowest BCUT2D eigenvalue weighted by Gasteiger charge is -2.10. The third-order valence-electron chi connectivity index (χ3n) is 1.90. The van der Waals surface area contributed by atoms with Gasteiger partial charge in [0.1, 0.15) is 11.5 Å². The Morgan fingerprint density at radius 2 is 2.20 bits per heavy atom. The summed E-state index contributed by atoms with van der Waals surface area (Å²) in [5.74, 6) is 0.772. The number of Topliss-reactive ketones (excluding diaryl/α,β-unsaturated/α-hetero) is 1. The molecule has 0 aliphatic rings. The second-order valence-corrected chi connectivity index (χ2v) is 3.37. The van der Waals surface area contributed by atoms with E-state index in [4.69, 9.17) is 9.47 Å². The third kappa shape index (κ3) is 3.72. The Labute approximate surface area is 90.0 Å². The second-order valence-electron chi connectivity index (χ2n) is 3.37. The van der Waals surface area contributed by atoms with Gasteiger partial charge in [0.2, 0.25) is 0 Å². The van der Waals surface area contributed by atoms with Crippen molar-refractivity contribution in [3.05, 3.63) is 36.2 Å². The number of benzene rings is 1. The molecular weight excluding hydrogens is 192 g/mol. The van der Waals surface area contributed by atoms with Crippen molar-refractivity contribution in [1.29, 1.82) is 0 Å².